The fourth-order valence-corrected chi connectivity index (χ4v) is 1.04. The van der Waals surface area contributed by atoms with Gasteiger partial charge in [0.15, 0.2) is 0 Å². The molecule has 60 valence electrons. The zero-order valence-electron chi connectivity index (χ0n) is 6.50. The quantitative estimate of drug-likeness (QED) is 0.575. The molecule has 0 spiro atoms. The molecule has 0 radical (unpaired) electrons. The van der Waals surface area contributed by atoms with E-state index >= 15 is 0 Å². The van der Waals surface area contributed by atoms with Crippen LogP contribution in [0.5, 0.6) is 0 Å². The maximum atomic E-state index is 5.54. The topological polar surface area (TPSA) is 38.4 Å². The van der Waals surface area contributed by atoms with E-state index in [0.29, 0.717) is 0 Å². The van der Waals surface area contributed by atoms with Crippen LogP contribution in [0.4, 0.5) is 0 Å². The van der Waals surface area contributed by atoms with Crippen LogP contribution in [0.1, 0.15) is 20.3 Å². The maximum absolute atomic E-state index is 5.54. The normalized spacial score (nSPS) is 32.4. The molecule has 3 heteroatoms. The molecule has 0 aromatic rings. The summed E-state index contributed by atoms with van der Waals surface area (Å²) in [4.78, 5) is 4.16. The first-order valence-electron chi connectivity index (χ1n) is 3.49. The zero-order chi connectivity index (χ0) is 6.85. The van der Waals surface area contributed by atoms with Gasteiger partial charge in [-0.3, -0.25) is 4.99 Å². The van der Waals surface area contributed by atoms with Gasteiger partial charge in [-0.1, -0.05) is 13.8 Å². The summed E-state index contributed by atoms with van der Waals surface area (Å²) < 4.78 is 0. The Morgan fingerprint density at radius 1 is 1.40 bits per heavy atom. The van der Waals surface area contributed by atoms with E-state index in [4.69, 9.17) is 5.73 Å². The van der Waals surface area contributed by atoms with Crippen molar-refractivity contribution < 1.29 is 0 Å². The largest absolute Gasteiger partial charge is 0.387 e. The molecule has 0 saturated heterocycles. The van der Waals surface area contributed by atoms with Crippen LogP contribution in [0.15, 0.2) is 4.99 Å². The van der Waals surface area contributed by atoms with Crippen molar-refractivity contribution in [2.75, 3.05) is 6.54 Å². The minimum atomic E-state index is 0. The second kappa shape index (κ2) is 3.81. The van der Waals surface area contributed by atoms with Crippen molar-refractivity contribution in [2.24, 2.45) is 22.6 Å². The number of rotatable bonds is 0. The highest BCUT2D eigenvalue weighted by atomic mass is 35.5. The lowest BCUT2D eigenvalue weighted by molar-refractivity contribution is 0.391. The lowest BCUT2D eigenvalue weighted by Crippen LogP contribution is -2.26. The molecule has 0 fully saturated rings. The van der Waals surface area contributed by atoms with E-state index in [1.54, 1.807) is 0 Å². The third kappa shape index (κ3) is 2.18. The van der Waals surface area contributed by atoms with Crippen LogP contribution in [0.3, 0.4) is 0 Å². The monoisotopic (exact) mass is 162 g/mol. The van der Waals surface area contributed by atoms with Crippen molar-refractivity contribution in [3.8, 4) is 0 Å². The van der Waals surface area contributed by atoms with Crippen LogP contribution in [0.2, 0.25) is 0 Å². The molecular weight excluding hydrogens is 148 g/mol. The number of halogens is 1. The van der Waals surface area contributed by atoms with Crippen molar-refractivity contribution in [2.45, 2.75) is 20.3 Å². The van der Waals surface area contributed by atoms with Gasteiger partial charge in [-0.15, -0.1) is 12.4 Å². The number of amidine groups is 1. The number of hydrogen-bond donors (Lipinski definition) is 1. The summed E-state index contributed by atoms with van der Waals surface area (Å²) in [6.07, 6.45) is 0.987. The molecule has 1 heterocycles. The molecule has 0 bridgehead atoms. The van der Waals surface area contributed by atoms with E-state index < -0.39 is 0 Å². The number of nitrogens with zero attached hydrogens (tertiary/aromatic N) is 1. The van der Waals surface area contributed by atoms with Gasteiger partial charge in [0.25, 0.3) is 0 Å². The first kappa shape index (κ1) is 9.76. The molecule has 0 aromatic heterocycles. The summed E-state index contributed by atoms with van der Waals surface area (Å²) in [5, 5.41) is 0. The van der Waals surface area contributed by atoms with E-state index in [1.165, 1.54) is 0 Å². The van der Waals surface area contributed by atoms with E-state index in [-0.39, 0.29) is 12.4 Å². The Labute approximate surface area is 68.3 Å². The van der Waals surface area contributed by atoms with Crippen LogP contribution in [-0.4, -0.2) is 12.4 Å². The van der Waals surface area contributed by atoms with E-state index in [9.17, 15) is 0 Å². The summed E-state index contributed by atoms with van der Waals surface area (Å²) in [6, 6.07) is 0. The van der Waals surface area contributed by atoms with E-state index in [1.807, 2.05) is 0 Å². The molecule has 2 atom stereocenters. The molecule has 0 aliphatic carbocycles. The Bertz CT molecular complexity index is 134. The molecule has 1 aliphatic rings. The minimum Gasteiger partial charge on any atom is -0.387 e. The van der Waals surface area contributed by atoms with Gasteiger partial charge in [-0.25, -0.2) is 0 Å². The lowest BCUT2D eigenvalue weighted by atomic mass is 9.90. The van der Waals surface area contributed by atoms with Crippen molar-refractivity contribution in [3.05, 3.63) is 0 Å². The fraction of sp³-hybridized carbons (Fsp3) is 0.857. The summed E-state index contributed by atoms with van der Waals surface area (Å²) in [5.74, 6) is 2.28. The van der Waals surface area contributed by atoms with Gasteiger partial charge in [0.05, 0.1) is 5.84 Å². The average Bonchev–Trinajstić information content (AvgIpc) is 1.80. The average molecular weight is 163 g/mol. The molecule has 0 saturated carbocycles. The standard InChI is InChI=1S/C7H14N2.ClH/c1-5-3-7(8)9-4-6(5)2;/h5-6H,3-4H2,1-2H3,(H2,8,9);1H/t5-,6+;/m0./s1. The molecule has 10 heavy (non-hydrogen) atoms. The van der Waals surface area contributed by atoms with Gasteiger partial charge in [0, 0.05) is 13.0 Å². The number of hydrogen-bond acceptors (Lipinski definition) is 2. The van der Waals surface area contributed by atoms with Gasteiger partial charge in [0.1, 0.15) is 0 Å². The van der Waals surface area contributed by atoms with Crippen LogP contribution in [0, 0.1) is 11.8 Å². The lowest BCUT2D eigenvalue weighted by Gasteiger charge is -2.22. The van der Waals surface area contributed by atoms with Crippen molar-refractivity contribution >= 4 is 18.2 Å². The van der Waals surface area contributed by atoms with E-state index in [2.05, 4.69) is 18.8 Å². The smallest absolute Gasteiger partial charge is 0.0939 e. The van der Waals surface area contributed by atoms with Crippen LogP contribution in [-0.2, 0) is 0 Å². The van der Waals surface area contributed by atoms with Crippen LogP contribution < -0.4 is 5.73 Å². The van der Waals surface area contributed by atoms with Gasteiger partial charge in [0.2, 0.25) is 0 Å². The highest BCUT2D eigenvalue weighted by molar-refractivity contribution is 5.85. The summed E-state index contributed by atoms with van der Waals surface area (Å²) in [5.41, 5.74) is 5.54. The summed E-state index contributed by atoms with van der Waals surface area (Å²) in [7, 11) is 0. The molecule has 0 aromatic carbocycles. The van der Waals surface area contributed by atoms with E-state index in [0.717, 1.165) is 30.6 Å². The number of aliphatic imine (C=N–C) groups is 1. The molecule has 2 N–H and O–H groups in total. The molecule has 1 rings (SSSR count). The highest BCUT2D eigenvalue weighted by Gasteiger charge is 2.16. The van der Waals surface area contributed by atoms with Crippen molar-refractivity contribution in [3.63, 3.8) is 0 Å². The van der Waals surface area contributed by atoms with Crippen LogP contribution >= 0.6 is 12.4 Å². The zero-order valence-corrected chi connectivity index (χ0v) is 7.32. The Kier molecular flexibility index (Phi) is 3.72. The Balaban J connectivity index is 0.000000810. The van der Waals surface area contributed by atoms with Crippen LogP contribution in [0.25, 0.3) is 0 Å². The first-order chi connectivity index (χ1) is 4.20. The number of nitrogens with two attached hydrogens (primary N) is 1. The third-order valence-electron chi connectivity index (χ3n) is 2.08. The predicted octanol–water partition coefficient (Wildman–Crippen LogP) is 1.44. The predicted molar refractivity (Wildman–Crippen MR) is 46.7 cm³/mol. The highest BCUT2D eigenvalue weighted by Crippen LogP contribution is 2.18. The molecule has 1 aliphatic heterocycles. The van der Waals surface area contributed by atoms with Crippen molar-refractivity contribution in [1.82, 2.24) is 0 Å². The summed E-state index contributed by atoms with van der Waals surface area (Å²) >= 11 is 0. The Morgan fingerprint density at radius 3 is 2.40 bits per heavy atom. The van der Waals surface area contributed by atoms with Gasteiger partial charge in [-0.2, -0.15) is 0 Å². The summed E-state index contributed by atoms with van der Waals surface area (Å²) in [6.45, 7) is 5.37. The second-order valence-corrected chi connectivity index (χ2v) is 2.99. The Morgan fingerprint density at radius 2 is 2.00 bits per heavy atom. The first-order valence-corrected chi connectivity index (χ1v) is 3.49. The Hall–Kier alpha value is -0.240. The molecule has 2 nitrogen and oxygen atoms in total. The minimum absolute atomic E-state index is 0. The molecular formula is C7H15ClN2. The molecule has 0 amide bonds. The SMILES string of the molecule is C[C@@H]1CN=C(N)C[C@@H]1C.Cl. The van der Waals surface area contributed by atoms with Crippen molar-refractivity contribution in [1.29, 1.82) is 0 Å². The maximum Gasteiger partial charge on any atom is 0.0939 e. The fourth-order valence-electron chi connectivity index (χ4n) is 1.04. The third-order valence-corrected chi connectivity index (χ3v) is 2.08. The van der Waals surface area contributed by atoms with Gasteiger partial charge in [-0.05, 0) is 11.8 Å². The van der Waals surface area contributed by atoms with Gasteiger partial charge < -0.3 is 5.73 Å². The van der Waals surface area contributed by atoms with Gasteiger partial charge >= 0.3 is 0 Å². The molecule has 0 unspecified atom stereocenters. The second-order valence-electron chi connectivity index (χ2n) is 2.99.